The number of nitrogens with one attached hydrogen (secondary N) is 3. The number of para-hydroxylation sites is 1. The van der Waals surface area contributed by atoms with Crippen LogP contribution < -0.4 is 30.9 Å². The Kier molecular flexibility index (Phi) is 12.8. The number of rotatable bonds is 12. The van der Waals surface area contributed by atoms with E-state index in [2.05, 4.69) is 91.3 Å². The summed E-state index contributed by atoms with van der Waals surface area (Å²) in [7, 11) is 1.36. The number of piperazine rings is 1. The van der Waals surface area contributed by atoms with Crippen molar-refractivity contribution >= 4 is 83.2 Å². The molecule has 15 heteroatoms. The number of fused-ring (bicyclic) bond motifs is 1. The number of halogens is 1. The summed E-state index contributed by atoms with van der Waals surface area (Å²) in [5.41, 5.74) is 6.13. The zero-order chi connectivity index (χ0) is 41.8. The van der Waals surface area contributed by atoms with E-state index in [-0.39, 0.29) is 26.2 Å². The van der Waals surface area contributed by atoms with Crippen LogP contribution in [0.15, 0.2) is 72.9 Å². The third-order valence-electron chi connectivity index (χ3n) is 12.0. The van der Waals surface area contributed by atoms with Crippen LogP contribution in [0.4, 0.5) is 28.8 Å². The van der Waals surface area contributed by atoms with E-state index in [4.69, 9.17) is 21.3 Å². The summed E-state index contributed by atoms with van der Waals surface area (Å²) >= 11 is 6.53. The summed E-state index contributed by atoms with van der Waals surface area (Å²) in [6.07, 6.45) is 8.78. The smallest absolute Gasteiger partial charge is 0.249 e. The summed E-state index contributed by atoms with van der Waals surface area (Å²) in [6, 6.07) is 20.4. The van der Waals surface area contributed by atoms with Gasteiger partial charge in [-0.15, -0.1) is 0 Å². The van der Waals surface area contributed by atoms with Crippen LogP contribution >= 0.6 is 19.5 Å². The number of hydrogen-bond acceptors (Lipinski definition) is 12. The van der Waals surface area contributed by atoms with Crippen molar-refractivity contribution in [1.29, 1.82) is 0 Å². The molecule has 2 amide bonds. The number of nitrogens with zero attached hydrogens (tertiary/aromatic N) is 6. The Morgan fingerprint density at radius 1 is 0.967 bits per heavy atom. The molecule has 8 rings (SSSR count). The zero-order valence-corrected chi connectivity index (χ0v) is 35.9. The molecule has 1 atom stereocenters. The molecule has 3 fully saturated rings. The van der Waals surface area contributed by atoms with Gasteiger partial charge in [0.1, 0.15) is 22.5 Å². The van der Waals surface area contributed by atoms with Crippen molar-refractivity contribution in [2.45, 2.75) is 44.3 Å². The number of aromatic nitrogens is 2. The molecule has 13 nitrogen and oxygen atoms in total. The minimum atomic E-state index is -0.556. The number of piperidine rings is 2. The van der Waals surface area contributed by atoms with Gasteiger partial charge in [0.25, 0.3) is 0 Å². The molecule has 0 spiro atoms. The molecule has 0 radical (unpaired) electrons. The largest absolute Gasteiger partial charge is 0.494 e. The first-order chi connectivity index (χ1) is 29.2. The number of anilines is 5. The van der Waals surface area contributed by atoms with Gasteiger partial charge in [-0.2, -0.15) is 4.98 Å². The molecule has 3 aromatic carbocycles. The van der Waals surface area contributed by atoms with Crippen molar-refractivity contribution in [3.63, 3.8) is 0 Å². The van der Waals surface area contributed by atoms with Crippen molar-refractivity contribution in [3.8, 4) is 5.75 Å². The van der Waals surface area contributed by atoms with Gasteiger partial charge in [0, 0.05) is 87.8 Å². The third kappa shape index (κ3) is 9.06. The number of benzene rings is 3. The lowest BCUT2D eigenvalue weighted by Gasteiger charge is -2.43. The normalized spacial score (nSPS) is 19.1. The van der Waals surface area contributed by atoms with E-state index >= 15 is 0 Å². The van der Waals surface area contributed by atoms with Crippen LogP contribution in [0.25, 0.3) is 11.8 Å². The molecule has 60 heavy (non-hydrogen) atoms. The monoisotopic (exact) mass is 847 g/mol. The first-order valence-electron chi connectivity index (χ1n) is 20.6. The molecule has 312 valence electrons. The van der Waals surface area contributed by atoms with Crippen molar-refractivity contribution < 1.29 is 19.1 Å². The second-order valence-corrected chi connectivity index (χ2v) is 18.5. The Balaban J connectivity index is 0.818. The molecule has 1 aromatic heterocycles. The fourth-order valence-electron chi connectivity index (χ4n) is 8.76. The highest BCUT2D eigenvalue weighted by molar-refractivity contribution is 7.64. The Morgan fingerprint density at radius 2 is 1.77 bits per heavy atom. The molecular formula is C45H51ClN9O4P. The average Bonchev–Trinajstić information content (AvgIpc) is 3.64. The van der Waals surface area contributed by atoms with E-state index in [1.165, 1.54) is 5.30 Å². The van der Waals surface area contributed by atoms with E-state index in [1.807, 2.05) is 36.4 Å². The molecule has 5 heterocycles. The quantitative estimate of drug-likeness (QED) is 0.0867. The number of carbonyl (C=O) groups excluding carboxylic acids is 3. The molecule has 3 N–H and O–H groups in total. The third-order valence-corrected chi connectivity index (χ3v) is 13.6. The molecule has 0 bridgehead atoms. The van der Waals surface area contributed by atoms with Gasteiger partial charge in [-0.05, 0) is 67.2 Å². The molecule has 4 aromatic rings. The zero-order valence-electron chi connectivity index (χ0n) is 34.3. The Labute approximate surface area is 357 Å². The number of carbonyl (C=O) groups is 2. The first kappa shape index (κ1) is 41.4. The molecular weight excluding hydrogens is 797 g/mol. The van der Waals surface area contributed by atoms with Gasteiger partial charge >= 0.3 is 0 Å². The number of amides is 2. The number of ether oxygens (including phenoxy) is 1. The van der Waals surface area contributed by atoms with Gasteiger partial charge in [0.2, 0.25) is 17.8 Å². The lowest BCUT2D eigenvalue weighted by molar-refractivity contribution is -0.136. The molecule has 1 unspecified atom stereocenters. The molecule has 0 saturated carbocycles. The average molecular weight is 848 g/mol. The predicted octanol–water partition coefficient (Wildman–Crippen LogP) is 6.09. The summed E-state index contributed by atoms with van der Waals surface area (Å²) < 4.78 is 5.84. The fourth-order valence-corrected chi connectivity index (χ4v) is 9.90. The van der Waals surface area contributed by atoms with E-state index < -0.39 is 6.04 Å². The van der Waals surface area contributed by atoms with Crippen LogP contribution in [0.2, 0.25) is 5.02 Å². The van der Waals surface area contributed by atoms with Crippen molar-refractivity contribution in [1.82, 2.24) is 30.0 Å². The SMILES string of the molecule is COc1cc(N2CCC(N3CCN(C/C=C\c4cccc5c4CN(C4CCC(=O)NC4=O)C5=C=O)CC3)CC2)ccc1Nc1ncc(Cl)c(Nc2ccccc2P(C)C)n1. The maximum atomic E-state index is 12.6. The number of methoxy groups -OCH3 is 1. The van der Waals surface area contributed by atoms with Crippen LogP contribution in [0, 0.1) is 0 Å². The van der Waals surface area contributed by atoms with Crippen LogP contribution in [0.3, 0.4) is 0 Å². The Bertz CT molecular complexity index is 2320. The Morgan fingerprint density at radius 3 is 2.52 bits per heavy atom. The highest BCUT2D eigenvalue weighted by atomic mass is 35.5. The summed E-state index contributed by atoms with van der Waals surface area (Å²) in [5, 5.41) is 10.9. The van der Waals surface area contributed by atoms with E-state index in [1.54, 1.807) is 18.2 Å². The maximum Gasteiger partial charge on any atom is 0.249 e. The van der Waals surface area contributed by atoms with Crippen LogP contribution in [0.5, 0.6) is 5.75 Å². The highest BCUT2D eigenvalue weighted by Crippen LogP contribution is 2.38. The van der Waals surface area contributed by atoms with Crippen molar-refractivity contribution in [2.75, 3.05) is 81.8 Å². The van der Waals surface area contributed by atoms with Gasteiger partial charge in [0.15, 0.2) is 11.8 Å². The van der Waals surface area contributed by atoms with E-state index in [0.29, 0.717) is 47.2 Å². The lowest BCUT2D eigenvalue weighted by Crippen LogP contribution is -2.53. The molecule has 4 aliphatic rings. The predicted molar refractivity (Wildman–Crippen MR) is 241 cm³/mol. The number of hydrogen-bond donors (Lipinski definition) is 3. The summed E-state index contributed by atoms with van der Waals surface area (Å²) in [4.78, 5) is 54.9. The second kappa shape index (κ2) is 18.5. The van der Waals surface area contributed by atoms with Crippen LogP contribution in [-0.2, 0) is 20.9 Å². The minimum absolute atomic E-state index is 0.260. The maximum absolute atomic E-state index is 12.6. The fraction of sp³-hybridized carbons (Fsp3) is 0.378. The van der Waals surface area contributed by atoms with Gasteiger partial charge in [0.05, 0.1) is 19.0 Å². The van der Waals surface area contributed by atoms with Crippen molar-refractivity contribution in [3.05, 3.63) is 94.6 Å². The topological polar surface area (TPSA) is 135 Å². The van der Waals surface area contributed by atoms with E-state index in [9.17, 15) is 14.4 Å². The van der Waals surface area contributed by atoms with Gasteiger partial charge in [-0.3, -0.25) is 24.7 Å². The van der Waals surface area contributed by atoms with Gasteiger partial charge in [-0.25, -0.2) is 9.78 Å². The first-order valence-corrected chi connectivity index (χ1v) is 23.2. The molecule has 3 saturated heterocycles. The van der Waals surface area contributed by atoms with Crippen LogP contribution in [-0.4, -0.2) is 121 Å². The van der Waals surface area contributed by atoms with Gasteiger partial charge < -0.3 is 25.2 Å². The Hall–Kier alpha value is -5.29. The molecule has 0 aliphatic carbocycles. The summed E-state index contributed by atoms with van der Waals surface area (Å²) in [5.74, 6) is 3.12. The molecule has 4 aliphatic heterocycles. The van der Waals surface area contributed by atoms with Gasteiger partial charge in [-0.1, -0.05) is 68.1 Å². The standard InChI is InChI=1S/C45H51ClN9O4P/c1-59-40-26-32(13-14-36(40)49-45-47-27-35(46)43(51-45)48-37-11-4-5-12-41(37)60(2)3)53-20-17-31(18-21-53)54-24-22-52(23-25-54)19-7-9-30-8-6-10-33-34(30)28-55(39(33)29-56)38-15-16-42(57)50-44(38)58/h4-14,26-27,31,38H,15-25,28H2,1-3H3,(H,50,57,58)(H2,47,48,49,51)/b9-7-. The van der Waals surface area contributed by atoms with Crippen molar-refractivity contribution in [2.24, 2.45) is 0 Å². The minimum Gasteiger partial charge on any atom is -0.494 e. The summed E-state index contributed by atoms with van der Waals surface area (Å²) in [6.45, 7) is 11.8. The van der Waals surface area contributed by atoms with E-state index in [0.717, 1.165) is 92.4 Å². The van der Waals surface area contributed by atoms with Crippen LogP contribution in [0.1, 0.15) is 42.4 Å². The second-order valence-electron chi connectivity index (χ2n) is 15.8. The lowest BCUT2D eigenvalue weighted by atomic mass is 10.0. The number of imide groups is 1. The highest BCUT2D eigenvalue weighted by Gasteiger charge is 2.38.